The van der Waals surface area contributed by atoms with Gasteiger partial charge in [0.15, 0.2) is 0 Å². The second-order valence-electron chi connectivity index (χ2n) is 3.85. The van der Waals surface area contributed by atoms with Gasteiger partial charge in [-0.15, -0.1) is 0 Å². The van der Waals surface area contributed by atoms with Crippen molar-refractivity contribution >= 4 is 34.1 Å². The molecule has 0 fully saturated rings. The number of pyridine rings is 2. The second kappa shape index (κ2) is 4.63. The lowest BCUT2D eigenvalue weighted by Crippen LogP contribution is -1.96. The van der Waals surface area contributed by atoms with E-state index in [4.69, 9.17) is 11.6 Å². The van der Waals surface area contributed by atoms with Crippen molar-refractivity contribution in [3.05, 3.63) is 59.8 Å². The zero-order chi connectivity index (χ0) is 12.4. The molecule has 0 spiro atoms. The minimum Gasteiger partial charge on any atom is -0.324 e. The number of para-hydroxylation sites is 1. The van der Waals surface area contributed by atoms with E-state index in [0.717, 1.165) is 16.7 Å². The Hall–Kier alpha value is -2.13. The number of anilines is 2. The molecule has 2 heterocycles. The first-order valence-electron chi connectivity index (χ1n) is 5.56. The third kappa shape index (κ3) is 2.13. The number of halogens is 1. The molecule has 0 atom stereocenters. The molecule has 0 radical (unpaired) electrons. The predicted molar refractivity (Wildman–Crippen MR) is 74.3 cm³/mol. The van der Waals surface area contributed by atoms with Crippen LogP contribution < -0.4 is 5.32 Å². The number of nitrogens with one attached hydrogen (secondary N) is 1. The zero-order valence-electron chi connectivity index (χ0n) is 9.47. The SMILES string of the molecule is Clc1cccnc1Nc1ccc2ccccc2n1. The first kappa shape index (κ1) is 11.0. The molecule has 0 bridgehead atoms. The molecule has 2 aromatic heterocycles. The Balaban J connectivity index is 1.98. The molecule has 1 N–H and O–H groups in total. The first-order chi connectivity index (χ1) is 8.83. The number of hydrogen-bond donors (Lipinski definition) is 1. The van der Waals surface area contributed by atoms with Crippen LogP contribution in [0.2, 0.25) is 5.02 Å². The maximum Gasteiger partial charge on any atom is 0.150 e. The van der Waals surface area contributed by atoms with Gasteiger partial charge in [0, 0.05) is 11.6 Å². The molecule has 0 saturated heterocycles. The average molecular weight is 256 g/mol. The van der Waals surface area contributed by atoms with E-state index in [1.54, 1.807) is 18.3 Å². The van der Waals surface area contributed by atoms with E-state index in [-0.39, 0.29) is 0 Å². The van der Waals surface area contributed by atoms with Gasteiger partial charge >= 0.3 is 0 Å². The third-order valence-corrected chi connectivity index (χ3v) is 2.91. The highest BCUT2D eigenvalue weighted by Gasteiger charge is 2.02. The van der Waals surface area contributed by atoms with Crippen LogP contribution in [0, 0.1) is 0 Å². The molecule has 3 rings (SSSR count). The van der Waals surface area contributed by atoms with Crippen molar-refractivity contribution in [2.24, 2.45) is 0 Å². The van der Waals surface area contributed by atoms with Gasteiger partial charge < -0.3 is 5.32 Å². The monoisotopic (exact) mass is 255 g/mol. The lowest BCUT2D eigenvalue weighted by Gasteiger charge is -2.06. The molecule has 3 aromatic rings. The zero-order valence-corrected chi connectivity index (χ0v) is 10.2. The lowest BCUT2D eigenvalue weighted by atomic mass is 10.2. The summed E-state index contributed by atoms with van der Waals surface area (Å²) in [5, 5.41) is 4.79. The van der Waals surface area contributed by atoms with Gasteiger partial charge in [0.05, 0.1) is 10.5 Å². The van der Waals surface area contributed by atoms with Gasteiger partial charge in [0.1, 0.15) is 11.6 Å². The Kier molecular flexibility index (Phi) is 2.82. The molecular formula is C14H10ClN3. The normalized spacial score (nSPS) is 10.5. The number of benzene rings is 1. The minimum atomic E-state index is 0.576. The summed E-state index contributed by atoms with van der Waals surface area (Å²) in [6, 6.07) is 15.5. The topological polar surface area (TPSA) is 37.8 Å². The summed E-state index contributed by atoms with van der Waals surface area (Å²) in [5.74, 6) is 1.34. The van der Waals surface area contributed by atoms with Gasteiger partial charge in [-0.2, -0.15) is 0 Å². The molecule has 0 saturated carbocycles. The second-order valence-corrected chi connectivity index (χ2v) is 4.26. The van der Waals surface area contributed by atoms with Gasteiger partial charge in [0.25, 0.3) is 0 Å². The number of aromatic nitrogens is 2. The van der Waals surface area contributed by atoms with Crippen LogP contribution in [0.15, 0.2) is 54.7 Å². The lowest BCUT2D eigenvalue weighted by molar-refractivity contribution is 1.28. The van der Waals surface area contributed by atoms with Gasteiger partial charge in [-0.1, -0.05) is 29.8 Å². The molecule has 4 heteroatoms. The molecule has 0 aliphatic carbocycles. The van der Waals surface area contributed by atoms with E-state index >= 15 is 0 Å². The van der Waals surface area contributed by atoms with Crippen LogP contribution in [0.3, 0.4) is 0 Å². The van der Waals surface area contributed by atoms with E-state index in [1.165, 1.54) is 0 Å². The molecule has 88 valence electrons. The minimum absolute atomic E-state index is 0.576. The highest BCUT2D eigenvalue weighted by atomic mass is 35.5. The highest BCUT2D eigenvalue weighted by Crippen LogP contribution is 2.22. The largest absolute Gasteiger partial charge is 0.324 e. The summed E-state index contributed by atoms with van der Waals surface area (Å²) in [5.41, 5.74) is 0.939. The van der Waals surface area contributed by atoms with Crippen LogP contribution in [-0.4, -0.2) is 9.97 Å². The number of nitrogens with zero attached hydrogens (tertiary/aromatic N) is 2. The average Bonchev–Trinajstić information content (AvgIpc) is 2.41. The summed E-state index contributed by atoms with van der Waals surface area (Å²) in [7, 11) is 0. The Morgan fingerprint density at radius 2 is 1.83 bits per heavy atom. The van der Waals surface area contributed by atoms with Crippen molar-refractivity contribution in [3.63, 3.8) is 0 Å². The summed E-state index contributed by atoms with van der Waals surface area (Å²) >= 11 is 6.04. The highest BCUT2D eigenvalue weighted by molar-refractivity contribution is 6.33. The third-order valence-electron chi connectivity index (χ3n) is 2.60. The first-order valence-corrected chi connectivity index (χ1v) is 5.94. The van der Waals surface area contributed by atoms with Gasteiger partial charge in [-0.05, 0) is 30.3 Å². The van der Waals surface area contributed by atoms with Crippen molar-refractivity contribution in [3.8, 4) is 0 Å². The standard InChI is InChI=1S/C14H10ClN3/c15-11-5-3-9-16-14(11)18-13-8-7-10-4-1-2-6-12(10)17-13/h1-9H,(H,16,17,18). The van der Waals surface area contributed by atoms with Crippen LogP contribution in [0.4, 0.5) is 11.6 Å². The van der Waals surface area contributed by atoms with Crippen LogP contribution in [-0.2, 0) is 0 Å². The Bertz CT molecular complexity index is 697. The van der Waals surface area contributed by atoms with Crippen molar-refractivity contribution < 1.29 is 0 Å². The summed E-state index contributed by atoms with van der Waals surface area (Å²) in [6.45, 7) is 0. The van der Waals surface area contributed by atoms with Gasteiger partial charge in [0.2, 0.25) is 0 Å². The number of rotatable bonds is 2. The van der Waals surface area contributed by atoms with Crippen molar-refractivity contribution in [2.45, 2.75) is 0 Å². The summed E-state index contributed by atoms with van der Waals surface area (Å²) < 4.78 is 0. The van der Waals surface area contributed by atoms with Gasteiger partial charge in [-0.3, -0.25) is 0 Å². The van der Waals surface area contributed by atoms with Crippen LogP contribution >= 0.6 is 11.6 Å². The summed E-state index contributed by atoms with van der Waals surface area (Å²) in [4.78, 5) is 8.67. The molecule has 0 unspecified atom stereocenters. The van der Waals surface area contributed by atoms with Crippen LogP contribution in [0.1, 0.15) is 0 Å². The van der Waals surface area contributed by atoms with E-state index in [0.29, 0.717) is 10.8 Å². The summed E-state index contributed by atoms with van der Waals surface area (Å²) in [6.07, 6.45) is 1.69. The fourth-order valence-corrected chi connectivity index (χ4v) is 1.90. The predicted octanol–water partition coefficient (Wildman–Crippen LogP) is 4.03. The molecule has 0 aliphatic rings. The smallest absolute Gasteiger partial charge is 0.150 e. The van der Waals surface area contributed by atoms with Crippen LogP contribution in [0.5, 0.6) is 0 Å². The fourth-order valence-electron chi connectivity index (χ4n) is 1.73. The quantitative estimate of drug-likeness (QED) is 0.751. The Morgan fingerprint density at radius 3 is 2.72 bits per heavy atom. The fraction of sp³-hybridized carbons (Fsp3) is 0. The van der Waals surface area contributed by atoms with Crippen molar-refractivity contribution in [1.29, 1.82) is 0 Å². The molecular weight excluding hydrogens is 246 g/mol. The maximum atomic E-state index is 6.04. The molecule has 18 heavy (non-hydrogen) atoms. The van der Waals surface area contributed by atoms with Crippen molar-refractivity contribution in [2.75, 3.05) is 5.32 Å². The maximum absolute atomic E-state index is 6.04. The molecule has 0 aliphatic heterocycles. The van der Waals surface area contributed by atoms with E-state index in [9.17, 15) is 0 Å². The van der Waals surface area contributed by atoms with Gasteiger partial charge in [-0.25, -0.2) is 9.97 Å². The number of fused-ring (bicyclic) bond motifs is 1. The van der Waals surface area contributed by atoms with Crippen LogP contribution in [0.25, 0.3) is 10.9 Å². The number of hydrogen-bond acceptors (Lipinski definition) is 3. The molecule has 3 nitrogen and oxygen atoms in total. The van der Waals surface area contributed by atoms with Crippen molar-refractivity contribution in [1.82, 2.24) is 9.97 Å². The van der Waals surface area contributed by atoms with E-state index in [1.807, 2.05) is 36.4 Å². The Labute approximate surface area is 109 Å². The van der Waals surface area contributed by atoms with E-state index in [2.05, 4.69) is 15.3 Å². The molecule has 1 aromatic carbocycles. The van der Waals surface area contributed by atoms with E-state index < -0.39 is 0 Å². The molecule has 0 amide bonds. The Morgan fingerprint density at radius 1 is 0.944 bits per heavy atom.